The number of benzene rings is 2. The van der Waals surface area contributed by atoms with Crippen molar-refractivity contribution in [3.8, 4) is 0 Å². The molecule has 2 amide bonds. The zero-order chi connectivity index (χ0) is 20.6. The van der Waals surface area contributed by atoms with E-state index in [0.29, 0.717) is 16.3 Å². The van der Waals surface area contributed by atoms with Gasteiger partial charge < -0.3 is 16.0 Å². The molecule has 0 aliphatic heterocycles. The van der Waals surface area contributed by atoms with E-state index in [1.54, 1.807) is 36.4 Å². The number of hydrogen-bond acceptors (Lipinski definition) is 3. The number of thiocarbonyl (C=S) groups is 1. The molecule has 2 aromatic rings. The highest BCUT2D eigenvalue weighted by atomic mass is 35.5. The summed E-state index contributed by atoms with van der Waals surface area (Å²) in [6, 6.07) is 14.4. The quantitative estimate of drug-likeness (QED) is 0.614. The molecule has 0 unspecified atom stereocenters. The number of hydrogen-bond donors (Lipinski definition) is 3. The van der Waals surface area contributed by atoms with Gasteiger partial charge in [-0.3, -0.25) is 9.59 Å². The first kappa shape index (κ1) is 21.3. The lowest BCUT2D eigenvalue weighted by Crippen LogP contribution is -2.38. The zero-order valence-corrected chi connectivity index (χ0v) is 17.6. The SMILES string of the molecule is O=C(Cc1ccc(Cl)cc1)NC(=S)Nc1ccccc1C(=O)NC1CCCCC1. The van der Waals surface area contributed by atoms with E-state index in [1.807, 2.05) is 12.1 Å². The van der Waals surface area contributed by atoms with E-state index in [-0.39, 0.29) is 29.4 Å². The van der Waals surface area contributed by atoms with Crippen LogP contribution in [0.1, 0.15) is 48.0 Å². The molecule has 0 bridgehead atoms. The first-order chi connectivity index (χ1) is 14.0. The van der Waals surface area contributed by atoms with Crippen molar-refractivity contribution in [2.45, 2.75) is 44.6 Å². The van der Waals surface area contributed by atoms with Crippen LogP contribution in [0.3, 0.4) is 0 Å². The summed E-state index contributed by atoms with van der Waals surface area (Å²) in [4.78, 5) is 24.9. The Morgan fingerprint density at radius 2 is 1.69 bits per heavy atom. The lowest BCUT2D eigenvalue weighted by molar-refractivity contribution is -0.119. The fourth-order valence-electron chi connectivity index (χ4n) is 3.41. The second kappa shape index (κ2) is 10.4. The molecular formula is C22H24ClN3O2S. The summed E-state index contributed by atoms with van der Waals surface area (Å²) in [5.74, 6) is -0.371. The monoisotopic (exact) mass is 429 g/mol. The molecule has 0 saturated heterocycles. The highest BCUT2D eigenvalue weighted by Crippen LogP contribution is 2.20. The van der Waals surface area contributed by atoms with Gasteiger partial charge in [0.25, 0.3) is 5.91 Å². The fraction of sp³-hybridized carbons (Fsp3) is 0.318. The first-order valence-corrected chi connectivity index (χ1v) is 10.5. The average molecular weight is 430 g/mol. The molecular weight excluding hydrogens is 406 g/mol. The molecule has 2 aromatic carbocycles. The molecule has 0 radical (unpaired) electrons. The van der Waals surface area contributed by atoms with Gasteiger partial charge in [0.2, 0.25) is 5.91 Å². The Morgan fingerprint density at radius 1 is 1.00 bits per heavy atom. The summed E-state index contributed by atoms with van der Waals surface area (Å²) in [6.45, 7) is 0. The van der Waals surface area contributed by atoms with Crippen molar-refractivity contribution in [3.05, 3.63) is 64.7 Å². The van der Waals surface area contributed by atoms with Crippen molar-refractivity contribution in [1.29, 1.82) is 0 Å². The van der Waals surface area contributed by atoms with Crippen LogP contribution in [0.2, 0.25) is 5.02 Å². The van der Waals surface area contributed by atoms with Gasteiger partial charge >= 0.3 is 0 Å². The van der Waals surface area contributed by atoms with Gasteiger partial charge in [-0.25, -0.2) is 0 Å². The molecule has 29 heavy (non-hydrogen) atoms. The molecule has 1 aliphatic rings. The maximum atomic E-state index is 12.7. The number of amides is 2. The predicted molar refractivity (Wildman–Crippen MR) is 120 cm³/mol. The van der Waals surface area contributed by atoms with Crippen molar-refractivity contribution in [2.24, 2.45) is 0 Å². The minimum absolute atomic E-state index is 0.129. The Morgan fingerprint density at radius 3 is 2.41 bits per heavy atom. The molecule has 1 aliphatic carbocycles. The standard InChI is InChI=1S/C22H24ClN3O2S/c23-16-12-10-15(11-13-16)14-20(27)26-22(29)25-19-9-5-4-8-18(19)21(28)24-17-6-2-1-3-7-17/h4-5,8-13,17H,1-3,6-7,14H2,(H,24,28)(H2,25,26,27,29). The van der Waals surface area contributed by atoms with E-state index >= 15 is 0 Å². The third-order valence-corrected chi connectivity index (χ3v) is 5.35. The van der Waals surface area contributed by atoms with Crippen LogP contribution in [0.5, 0.6) is 0 Å². The molecule has 0 heterocycles. The summed E-state index contributed by atoms with van der Waals surface area (Å²) in [5.41, 5.74) is 1.91. The van der Waals surface area contributed by atoms with Gasteiger partial charge in [0.05, 0.1) is 17.7 Å². The third kappa shape index (κ3) is 6.54. The highest BCUT2D eigenvalue weighted by molar-refractivity contribution is 7.80. The average Bonchev–Trinajstić information content (AvgIpc) is 2.70. The van der Waals surface area contributed by atoms with E-state index in [1.165, 1.54) is 6.42 Å². The van der Waals surface area contributed by atoms with Crippen molar-refractivity contribution in [3.63, 3.8) is 0 Å². The predicted octanol–water partition coefficient (Wildman–Crippen LogP) is 4.46. The second-order valence-electron chi connectivity index (χ2n) is 7.16. The maximum absolute atomic E-state index is 12.7. The molecule has 3 N–H and O–H groups in total. The smallest absolute Gasteiger partial charge is 0.253 e. The molecule has 152 valence electrons. The van der Waals surface area contributed by atoms with Gasteiger partial charge in [-0.15, -0.1) is 0 Å². The van der Waals surface area contributed by atoms with E-state index in [0.717, 1.165) is 31.2 Å². The van der Waals surface area contributed by atoms with E-state index in [2.05, 4.69) is 16.0 Å². The van der Waals surface area contributed by atoms with Crippen molar-refractivity contribution in [1.82, 2.24) is 10.6 Å². The lowest BCUT2D eigenvalue weighted by Gasteiger charge is -2.23. The fourth-order valence-corrected chi connectivity index (χ4v) is 3.76. The Kier molecular flexibility index (Phi) is 7.61. The van der Waals surface area contributed by atoms with Crippen molar-refractivity contribution >= 4 is 46.4 Å². The molecule has 0 spiro atoms. The second-order valence-corrected chi connectivity index (χ2v) is 8.00. The number of carbonyl (C=O) groups excluding carboxylic acids is 2. The Hall–Kier alpha value is -2.44. The van der Waals surface area contributed by atoms with Crippen molar-refractivity contribution < 1.29 is 9.59 Å². The summed E-state index contributed by atoms with van der Waals surface area (Å²) in [6.07, 6.45) is 5.74. The summed E-state index contributed by atoms with van der Waals surface area (Å²) < 4.78 is 0. The van der Waals surface area contributed by atoms with Gasteiger partial charge in [0.1, 0.15) is 0 Å². The highest BCUT2D eigenvalue weighted by Gasteiger charge is 2.19. The van der Waals surface area contributed by atoms with Gasteiger partial charge in [-0.1, -0.05) is 55.1 Å². The first-order valence-electron chi connectivity index (χ1n) is 9.76. The lowest BCUT2D eigenvalue weighted by atomic mass is 9.95. The maximum Gasteiger partial charge on any atom is 0.253 e. The number of carbonyl (C=O) groups is 2. The summed E-state index contributed by atoms with van der Waals surface area (Å²) >= 11 is 11.1. The van der Waals surface area contributed by atoms with Crippen LogP contribution < -0.4 is 16.0 Å². The molecule has 0 atom stereocenters. The normalized spacial score (nSPS) is 14.1. The summed E-state index contributed by atoms with van der Waals surface area (Å²) in [5, 5.41) is 9.51. The van der Waals surface area contributed by atoms with Crippen LogP contribution in [0.4, 0.5) is 5.69 Å². The van der Waals surface area contributed by atoms with Crippen LogP contribution in [0.25, 0.3) is 0 Å². The van der Waals surface area contributed by atoms with Crippen LogP contribution in [0.15, 0.2) is 48.5 Å². The third-order valence-electron chi connectivity index (χ3n) is 4.89. The van der Waals surface area contributed by atoms with E-state index in [9.17, 15) is 9.59 Å². The van der Waals surface area contributed by atoms with E-state index < -0.39 is 0 Å². The number of nitrogens with one attached hydrogen (secondary N) is 3. The summed E-state index contributed by atoms with van der Waals surface area (Å²) in [7, 11) is 0. The Balaban J connectivity index is 1.57. The van der Waals surface area contributed by atoms with E-state index in [4.69, 9.17) is 23.8 Å². The molecule has 0 aromatic heterocycles. The van der Waals surface area contributed by atoms with Gasteiger partial charge in [0, 0.05) is 11.1 Å². The number of halogens is 1. The molecule has 1 saturated carbocycles. The Labute approximate surface area is 181 Å². The number of anilines is 1. The van der Waals surface area contributed by atoms with Crippen LogP contribution in [-0.4, -0.2) is 23.0 Å². The van der Waals surface area contributed by atoms with Crippen LogP contribution in [-0.2, 0) is 11.2 Å². The molecule has 1 fully saturated rings. The minimum Gasteiger partial charge on any atom is -0.349 e. The van der Waals surface area contributed by atoms with Crippen molar-refractivity contribution in [2.75, 3.05) is 5.32 Å². The molecule has 5 nitrogen and oxygen atoms in total. The number of rotatable bonds is 5. The van der Waals surface area contributed by atoms with Crippen LogP contribution >= 0.6 is 23.8 Å². The van der Waals surface area contributed by atoms with Gasteiger partial charge in [-0.2, -0.15) is 0 Å². The zero-order valence-electron chi connectivity index (χ0n) is 16.0. The largest absolute Gasteiger partial charge is 0.349 e. The molecule has 7 heteroatoms. The molecule has 3 rings (SSSR count). The van der Waals surface area contributed by atoms with Gasteiger partial charge in [-0.05, 0) is 54.9 Å². The number of para-hydroxylation sites is 1. The minimum atomic E-state index is -0.242. The van der Waals surface area contributed by atoms with Crippen LogP contribution in [0, 0.1) is 0 Å². The Bertz CT molecular complexity index is 880. The van der Waals surface area contributed by atoms with Gasteiger partial charge in [0.15, 0.2) is 5.11 Å². The topological polar surface area (TPSA) is 70.2 Å².